The molecule has 0 radical (unpaired) electrons. The van der Waals surface area contributed by atoms with Crippen LogP contribution in [0.2, 0.25) is 0 Å². The Labute approximate surface area is 179 Å². The molecule has 0 saturated heterocycles. The van der Waals surface area contributed by atoms with Crippen LogP contribution in [-0.2, 0) is 22.6 Å². The molecular weight excluding hydrogens is 376 g/mol. The van der Waals surface area contributed by atoms with Crippen molar-refractivity contribution in [2.75, 3.05) is 11.5 Å². The lowest BCUT2D eigenvalue weighted by atomic mass is 10.0. The van der Waals surface area contributed by atoms with Crippen LogP contribution in [0.3, 0.4) is 0 Å². The smallest absolute Gasteiger partial charge is 0.254 e. The van der Waals surface area contributed by atoms with Crippen molar-refractivity contribution in [3.05, 3.63) is 59.2 Å². The highest BCUT2D eigenvalue weighted by Crippen LogP contribution is 2.38. The van der Waals surface area contributed by atoms with E-state index in [0.29, 0.717) is 13.2 Å². The normalized spacial score (nSPS) is 15.2. The van der Waals surface area contributed by atoms with Crippen molar-refractivity contribution >= 4 is 17.5 Å². The number of nitrogens with zero attached hydrogens (tertiary/aromatic N) is 1. The molecule has 30 heavy (non-hydrogen) atoms. The molecule has 1 heterocycles. The maximum atomic E-state index is 13.2. The van der Waals surface area contributed by atoms with Crippen LogP contribution in [-0.4, -0.2) is 18.4 Å². The molecule has 160 valence electrons. The first-order chi connectivity index (χ1) is 14.5. The summed E-state index contributed by atoms with van der Waals surface area (Å²) in [5.41, 5.74) is 4.00. The van der Waals surface area contributed by atoms with Crippen molar-refractivity contribution in [3.63, 3.8) is 0 Å². The third kappa shape index (κ3) is 5.21. The number of hydrogen-bond acceptors (Lipinski definition) is 3. The van der Waals surface area contributed by atoms with E-state index in [1.165, 1.54) is 12.5 Å². The molecule has 2 aromatic carbocycles. The number of unbranched alkanes of at least 4 members (excludes halogenated alkanes) is 2. The van der Waals surface area contributed by atoms with Crippen molar-refractivity contribution in [2.45, 2.75) is 65.5 Å². The molecule has 1 aliphatic heterocycles. The van der Waals surface area contributed by atoms with Gasteiger partial charge >= 0.3 is 0 Å². The summed E-state index contributed by atoms with van der Waals surface area (Å²) in [4.78, 5) is 26.7. The van der Waals surface area contributed by atoms with Crippen LogP contribution < -0.4 is 15.0 Å². The fraction of sp³-hybridized carbons (Fsp3) is 0.440. The first-order valence-electron chi connectivity index (χ1n) is 11.0. The van der Waals surface area contributed by atoms with E-state index >= 15 is 0 Å². The predicted molar refractivity (Wildman–Crippen MR) is 120 cm³/mol. The number of amides is 2. The summed E-state index contributed by atoms with van der Waals surface area (Å²) in [7, 11) is 0. The van der Waals surface area contributed by atoms with Crippen molar-refractivity contribution in [3.8, 4) is 5.75 Å². The summed E-state index contributed by atoms with van der Waals surface area (Å²) < 4.78 is 5.73. The van der Waals surface area contributed by atoms with Gasteiger partial charge in [-0.3, -0.25) is 9.59 Å². The zero-order chi connectivity index (χ0) is 21.5. The molecular formula is C25H32N2O3. The fourth-order valence-electron chi connectivity index (χ4n) is 3.74. The largest absolute Gasteiger partial charge is 0.494 e. The molecule has 0 spiro atoms. The first kappa shape index (κ1) is 21.9. The van der Waals surface area contributed by atoms with E-state index in [9.17, 15) is 9.59 Å². The molecule has 1 N–H and O–H groups in total. The minimum atomic E-state index is -0.615. The molecule has 5 heteroatoms. The van der Waals surface area contributed by atoms with Gasteiger partial charge in [0.05, 0.1) is 13.2 Å². The van der Waals surface area contributed by atoms with Crippen LogP contribution in [0.4, 0.5) is 5.69 Å². The quantitative estimate of drug-likeness (QED) is 0.567. The van der Waals surface area contributed by atoms with Crippen LogP contribution >= 0.6 is 0 Å². The third-order valence-electron chi connectivity index (χ3n) is 5.40. The van der Waals surface area contributed by atoms with E-state index < -0.39 is 6.04 Å². The first-order valence-corrected chi connectivity index (χ1v) is 11.0. The average Bonchev–Trinajstić information content (AvgIpc) is 2.98. The van der Waals surface area contributed by atoms with Gasteiger partial charge in [-0.05, 0) is 48.6 Å². The molecule has 0 saturated carbocycles. The minimum absolute atomic E-state index is 0.0869. The van der Waals surface area contributed by atoms with E-state index in [0.717, 1.165) is 54.7 Å². The number of rotatable bonds is 10. The van der Waals surface area contributed by atoms with Gasteiger partial charge in [-0.2, -0.15) is 0 Å². The number of anilines is 1. The highest BCUT2D eigenvalue weighted by Gasteiger charge is 2.37. The lowest BCUT2D eigenvalue weighted by molar-refractivity contribution is -0.126. The van der Waals surface area contributed by atoms with Gasteiger partial charge in [0, 0.05) is 18.2 Å². The van der Waals surface area contributed by atoms with E-state index in [1.54, 1.807) is 4.90 Å². The van der Waals surface area contributed by atoms with Gasteiger partial charge in [0.25, 0.3) is 5.91 Å². The Hall–Kier alpha value is -2.82. The van der Waals surface area contributed by atoms with Gasteiger partial charge in [0.2, 0.25) is 5.91 Å². The Kier molecular flexibility index (Phi) is 7.50. The number of ether oxygens (including phenoxy) is 1. The summed E-state index contributed by atoms with van der Waals surface area (Å²) in [6.45, 7) is 6.93. The van der Waals surface area contributed by atoms with Crippen molar-refractivity contribution in [1.29, 1.82) is 0 Å². The van der Waals surface area contributed by atoms with E-state index in [-0.39, 0.29) is 11.8 Å². The Morgan fingerprint density at radius 2 is 1.73 bits per heavy atom. The van der Waals surface area contributed by atoms with Gasteiger partial charge in [0.1, 0.15) is 11.8 Å². The van der Waals surface area contributed by atoms with Crippen LogP contribution in [0.15, 0.2) is 42.5 Å². The molecule has 1 atom stereocenters. The fourth-order valence-corrected chi connectivity index (χ4v) is 3.74. The van der Waals surface area contributed by atoms with Gasteiger partial charge in [0.15, 0.2) is 0 Å². The Balaban J connectivity index is 1.80. The zero-order valence-electron chi connectivity index (χ0n) is 18.2. The number of fused-ring (bicyclic) bond motifs is 1. The molecule has 1 unspecified atom stereocenters. The molecule has 2 aromatic rings. The minimum Gasteiger partial charge on any atom is -0.494 e. The van der Waals surface area contributed by atoms with Crippen molar-refractivity contribution < 1.29 is 14.3 Å². The van der Waals surface area contributed by atoms with Crippen LogP contribution in [0.1, 0.15) is 69.2 Å². The maximum absolute atomic E-state index is 13.2. The number of carbonyl (C=O) groups is 2. The molecule has 5 nitrogen and oxygen atoms in total. The number of hydrogen-bond donors (Lipinski definition) is 1. The third-order valence-corrected chi connectivity index (χ3v) is 5.40. The van der Waals surface area contributed by atoms with Gasteiger partial charge < -0.3 is 15.0 Å². The van der Waals surface area contributed by atoms with Crippen LogP contribution in [0, 0.1) is 0 Å². The van der Waals surface area contributed by atoms with Gasteiger partial charge in [-0.15, -0.1) is 0 Å². The van der Waals surface area contributed by atoms with Crippen molar-refractivity contribution in [2.24, 2.45) is 0 Å². The molecule has 0 aliphatic carbocycles. The maximum Gasteiger partial charge on any atom is 0.254 e. The molecule has 1 aliphatic rings. The summed E-state index contributed by atoms with van der Waals surface area (Å²) in [5.74, 6) is 0.557. The lowest BCUT2D eigenvalue weighted by Crippen LogP contribution is -2.36. The monoisotopic (exact) mass is 408 g/mol. The highest BCUT2D eigenvalue weighted by atomic mass is 16.5. The van der Waals surface area contributed by atoms with Crippen LogP contribution in [0.25, 0.3) is 0 Å². The van der Waals surface area contributed by atoms with E-state index in [1.807, 2.05) is 30.3 Å². The van der Waals surface area contributed by atoms with Gasteiger partial charge in [-0.1, -0.05) is 51.0 Å². The van der Waals surface area contributed by atoms with Crippen molar-refractivity contribution in [1.82, 2.24) is 5.32 Å². The van der Waals surface area contributed by atoms with E-state index in [2.05, 4.69) is 31.3 Å². The van der Waals surface area contributed by atoms with E-state index in [4.69, 9.17) is 4.74 Å². The topological polar surface area (TPSA) is 58.6 Å². The lowest BCUT2D eigenvalue weighted by Gasteiger charge is -2.18. The summed E-state index contributed by atoms with van der Waals surface area (Å²) in [5, 5.41) is 2.83. The SMILES string of the molecule is CCCCOc1ccc(CN2C(=O)C(NC(C)=O)c3cc(CCCC)ccc32)cc1. The van der Waals surface area contributed by atoms with Gasteiger partial charge in [-0.25, -0.2) is 0 Å². The molecule has 2 amide bonds. The molecule has 0 fully saturated rings. The standard InChI is InChI=1S/C25H32N2O3/c1-4-6-8-19-11-14-23-22(16-19)24(26-18(3)28)25(29)27(23)17-20-9-12-21(13-10-20)30-15-7-5-2/h9-14,16,24H,4-8,15,17H2,1-3H3,(H,26,28). The summed E-state index contributed by atoms with van der Waals surface area (Å²) >= 11 is 0. The molecule has 3 rings (SSSR count). The van der Waals surface area contributed by atoms with Crippen LogP contribution in [0.5, 0.6) is 5.75 Å². The Bertz CT molecular complexity index is 876. The summed E-state index contributed by atoms with van der Waals surface area (Å²) in [6, 6.07) is 13.5. The average molecular weight is 409 g/mol. The number of nitrogens with one attached hydrogen (secondary N) is 1. The molecule has 0 aromatic heterocycles. The number of aryl methyl sites for hydroxylation is 1. The zero-order valence-corrected chi connectivity index (χ0v) is 18.2. The predicted octanol–water partition coefficient (Wildman–Crippen LogP) is 4.93. The number of benzene rings is 2. The second-order valence-corrected chi connectivity index (χ2v) is 7.90. The highest BCUT2D eigenvalue weighted by molar-refractivity contribution is 6.06. The Morgan fingerprint density at radius 3 is 2.40 bits per heavy atom. The summed E-state index contributed by atoms with van der Waals surface area (Å²) in [6.07, 6.45) is 5.34. The Morgan fingerprint density at radius 1 is 1.03 bits per heavy atom. The molecule has 0 bridgehead atoms. The second-order valence-electron chi connectivity index (χ2n) is 7.90. The number of carbonyl (C=O) groups excluding carboxylic acids is 2. The second kappa shape index (κ2) is 10.3.